The van der Waals surface area contributed by atoms with E-state index in [9.17, 15) is 13.2 Å². The number of nitrogens with one attached hydrogen (secondary N) is 1. The number of allylic oxidation sites excluding steroid dienone is 4. The Morgan fingerprint density at radius 1 is 1.17 bits per heavy atom. The average molecular weight is 420 g/mol. The molecule has 0 unspecified atom stereocenters. The Kier molecular flexibility index (Phi) is 9.26. The minimum absolute atomic E-state index is 0.102. The molecule has 2 heterocycles. The average Bonchev–Trinajstić information content (AvgIpc) is 3.31. The third-order valence-electron chi connectivity index (χ3n) is 4.71. The van der Waals surface area contributed by atoms with Crippen molar-refractivity contribution < 1.29 is 8.42 Å². The van der Waals surface area contributed by atoms with Crippen molar-refractivity contribution in [3.05, 3.63) is 57.1 Å². The van der Waals surface area contributed by atoms with E-state index in [1.165, 1.54) is 12.5 Å². The molecular formula is C20H33BN4O3S. The van der Waals surface area contributed by atoms with Crippen LogP contribution in [0.3, 0.4) is 0 Å². The number of aryl methyl sites for hydroxylation is 2. The molecule has 9 heteroatoms. The summed E-state index contributed by atoms with van der Waals surface area (Å²) in [6, 6.07) is 0. The fraction of sp³-hybridized carbons (Fsp3) is 0.500. The standard InChI is InChI=1S/C13H20BN3O.C5H6.C2H7NO2S/c1-8-10(3)16(6)13-14-9(2)11(7-15(4)5)17(13)12(8)18;1-2-4-5-3-1;1-3-6(2,4)5/h7H2,1-6H3;1-4H,5H2;3H,1-2H3. The molecule has 0 atom stereocenters. The Hall–Kier alpha value is -1.97. The van der Waals surface area contributed by atoms with Gasteiger partial charge in [0.2, 0.25) is 10.0 Å². The quantitative estimate of drug-likeness (QED) is 0.819. The molecule has 0 spiro atoms. The summed E-state index contributed by atoms with van der Waals surface area (Å²) in [5, 5.41) is 0. The van der Waals surface area contributed by atoms with Gasteiger partial charge in [0, 0.05) is 0 Å². The normalized spacial score (nSPS) is 12.6. The summed E-state index contributed by atoms with van der Waals surface area (Å²) >= 11 is 0. The van der Waals surface area contributed by atoms with Crippen molar-refractivity contribution in [2.24, 2.45) is 7.05 Å². The molecule has 0 saturated heterocycles. The maximum absolute atomic E-state index is 12.4. The van der Waals surface area contributed by atoms with Crippen molar-refractivity contribution in [2.75, 3.05) is 27.4 Å². The van der Waals surface area contributed by atoms with E-state index in [1.54, 1.807) is 0 Å². The SMILES string of the molecule is C1=CCC=C1.CNS(C)(=O)=O.Cc1bc2n(C)c(C)c(C)c(=O)n2c1CN(C)C. The van der Waals surface area contributed by atoms with Gasteiger partial charge in [-0.1, -0.05) is 24.3 Å². The van der Waals surface area contributed by atoms with Gasteiger partial charge in [-0.3, -0.25) is 0 Å². The molecule has 1 aliphatic carbocycles. The van der Waals surface area contributed by atoms with Gasteiger partial charge in [0.1, 0.15) is 0 Å². The first-order chi connectivity index (χ1) is 13.4. The molecule has 0 fully saturated rings. The monoisotopic (exact) mass is 420 g/mol. The van der Waals surface area contributed by atoms with E-state index in [-0.39, 0.29) is 5.56 Å². The molecule has 2 aromatic heterocycles. The first-order valence-electron chi connectivity index (χ1n) is 9.42. The zero-order valence-corrected chi connectivity index (χ0v) is 19.6. The molecule has 3 rings (SSSR count). The van der Waals surface area contributed by atoms with Gasteiger partial charge in [-0.25, -0.2) is 13.1 Å². The molecule has 0 aromatic carbocycles. The Bertz CT molecular complexity index is 1050. The van der Waals surface area contributed by atoms with E-state index < -0.39 is 10.0 Å². The number of hydrogen-bond donors (Lipinski definition) is 1. The van der Waals surface area contributed by atoms with Gasteiger partial charge in [-0.2, -0.15) is 0 Å². The molecule has 29 heavy (non-hydrogen) atoms. The molecule has 0 aliphatic heterocycles. The molecular weight excluding hydrogens is 387 g/mol. The van der Waals surface area contributed by atoms with Gasteiger partial charge in [-0.05, 0) is 13.5 Å². The van der Waals surface area contributed by atoms with Crippen LogP contribution in [0.25, 0.3) is 5.54 Å². The minimum atomic E-state index is -2.91. The Morgan fingerprint density at radius 3 is 2.07 bits per heavy atom. The van der Waals surface area contributed by atoms with Crippen molar-refractivity contribution in [3.63, 3.8) is 0 Å². The predicted octanol–water partition coefficient (Wildman–Crippen LogP) is 1.63. The van der Waals surface area contributed by atoms with Crippen LogP contribution in [-0.4, -0.2) is 56.6 Å². The Morgan fingerprint density at radius 2 is 1.69 bits per heavy atom. The predicted molar refractivity (Wildman–Crippen MR) is 122 cm³/mol. The summed E-state index contributed by atoms with van der Waals surface area (Å²) in [4.78, 5) is 14.5. The Balaban J connectivity index is 0.000000312. The summed E-state index contributed by atoms with van der Waals surface area (Å²) in [6.07, 6.45) is 10.6. The summed E-state index contributed by atoms with van der Waals surface area (Å²) in [5.41, 5.74) is 5.17. The van der Waals surface area contributed by atoms with E-state index in [1.807, 2.05) is 39.4 Å². The molecule has 0 radical (unpaired) electrons. The third kappa shape index (κ3) is 7.10. The van der Waals surface area contributed by atoms with Crippen molar-refractivity contribution in [2.45, 2.75) is 33.7 Å². The molecule has 0 saturated carbocycles. The summed E-state index contributed by atoms with van der Waals surface area (Å²) in [6.45, 7) is 8.82. The van der Waals surface area contributed by atoms with E-state index in [2.05, 4.69) is 52.3 Å². The Labute approximate surface area is 175 Å². The maximum atomic E-state index is 12.4. The first-order valence-corrected chi connectivity index (χ1v) is 11.3. The van der Waals surface area contributed by atoms with Crippen LogP contribution in [0.2, 0.25) is 0 Å². The van der Waals surface area contributed by atoms with Crippen molar-refractivity contribution in [1.82, 2.24) is 18.6 Å². The topological polar surface area (TPSA) is 75.8 Å². The van der Waals surface area contributed by atoms with Crippen LogP contribution < -0.4 is 10.3 Å². The summed E-state index contributed by atoms with van der Waals surface area (Å²) < 4.78 is 25.8. The van der Waals surface area contributed by atoms with Gasteiger partial charge >= 0.3 is 108 Å². The number of sulfonamides is 1. The molecule has 0 amide bonds. The van der Waals surface area contributed by atoms with E-state index in [0.29, 0.717) is 0 Å². The van der Waals surface area contributed by atoms with E-state index >= 15 is 0 Å². The third-order valence-corrected chi connectivity index (χ3v) is 5.45. The summed E-state index contributed by atoms with van der Waals surface area (Å²) in [5.74, 6) is 0. The van der Waals surface area contributed by atoms with Crippen molar-refractivity contribution in [3.8, 4) is 0 Å². The van der Waals surface area contributed by atoms with Crippen LogP contribution in [0.4, 0.5) is 0 Å². The molecule has 1 N–H and O–H groups in total. The molecule has 160 valence electrons. The summed E-state index contributed by atoms with van der Waals surface area (Å²) in [7, 11) is 4.50. The van der Waals surface area contributed by atoms with Crippen LogP contribution in [-0.2, 0) is 23.6 Å². The van der Waals surface area contributed by atoms with Crippen LogP contribution in [0.5, 0.6) is 0 Å². The first kappa shape index (κ1) is 25.1. The van der Waals surface area contributed by atoms with E-state index in [0.717, 1.165) is 41.7 Å². The van der Waals surface area contributed by atoms with Crippen molar-refractivity contribution in [1.29, 1.82) is 0 Å². The van der Waals surface area contributed by atoms with Gasteiger partial charge < -0.3 is 0 Å². The second-order valence-electron chi connectivity index (χ2n) is 7.35. The second-order valence-corrected chi connectivity index (χ2v) is 9.30. The van der Waals surface area contributed by atoms with Crippen molar-refractivity contribution >= 4 is 22.5 Å². The van der Waals surface area contributed by atoms with Gasteiger partial charge in [-0.15, -0.1) is 0 Å². The van der Waals surface area contributed by atoms with Gasteiger partial charge in [0.25, 0.3) is 0 Å². The second kappa shape index (κ2) is 10.7. The molecule has 0 bridgehead atoms. The molecule has 7 nitrogen and oxygen atoms in total. The van der Waals surface area contributed by atoms with Crippen LogP contribution in [0, 0.1) is 20.8 Å². The van der Waals surface area contributed by atoms with Crippen LogP contribution >= 0.6 is 0 Å². The van der Waals surface area contributed by atoms with Crippen LogP contribution in [0.1, 0.15) is 28.8 Å². The zero-order chi connectivity index (χ0) is 22.4. The fourth-order valence-electron chi connectivity index (χ4n) is 2.76. The number of fused-ring (bicyclic) bond motifs is 1. The van der Waals surface area contributed by atoms with Crippen LogP contribution in [0.15, 0.2) is 29.1 Å². The number of hydrogen-bond acceptors (Lipinski definition) is 4. The fourth-order valence-corrected chi connectivity index (χ4v) is 2.76. The molecule has 2 aromatic rings. The zero-order valence-electron chi connectivity index (χ0n) is 18.8. The number of rotatable bonds is 3. The number of aromatic nitrogens is 2. The molecule has 1 aliphatic rings. The van der Waals surface area contributed by atoms with Gasteiger partial charge in [0.05, 0.1) is 6.26 Å². The number of nitrogens with zero attached hydrogens (tertiary/aromatic N) is 3. The van der Waals surface area contributed by atoms with E-state index in [4.69, 9.17) is 0 Å². The van der Waals surface area contributed by atoms with Gasteiger partial charge in [0.15, 0.2) is 0 Å².